The molecule has 224 valence electrons. The van der Waals surface area contributed by atoms with Crippen LogP contribution in [0.25, 0.3) is 0 Å². The van der Waals surface area contributed by atoms with E-state index in [4.69, 9.17) is 0 Å². The molecule has 4 aromatic carbocycles. The first-order chi connectivity index (χ1) is 20.3. The molecule has 0 aromatic heterocycles. The summed E-state index contributed by atoms with van der Waals surface area (Å²) in [7, 11) is -8.06. The van der Waals surface area contributed by atoms with E-state index in [2.05, 4.69) is 11.4 Å². The van der Waals surface area contributed by atoms with Gasteiger partial charge >= 0.3 is 0 Å². The minimum atomic E-state index is -4.23. The van der Waals surface area contributed by atoms with Crippen molar-refractivity contribution in [3.63, 3.8) is 0 Å². The van der Waals surface area contributed by atoms with Crippen LogP contribution in [0, 0.1) is 32.1 Å². The lowest BCUT2D eigenvalue weighted by atomic mass is 10.0. The van der Waals surface area contributed by atoms with Gasteiger partial charge in [-0.2, -0.15) is 5.26 Å². The molecule has 0 radical (unpaired) electrons. The summed E-state index contributed by atoms with van der Waals surface area (Å²) in [6.45, 7) is 5.62. The molecule has 11 heteroatoms. The Labute approximate surface area is 261 Å². The van der Waals surface area contributed by atoms with E-state index in [9.17, 15) is 27.2 Å². The second kappa shape index (κ2) is 13.6. The summed E-state index contributed by atoms with van der Waals surface area (Å²) in [5.41, 5.74) is 4.64. The molecule has 0 aliphatic carbocycles. The van der Waals surface area contributed by atoms with E-state index in [0.29, 0.717) is 17.7 Å². The summed E-state index contributed by atoms with van der Waals surface area (Å²) < 4.78 is 52.4. The van der Waals surface area contributed by atoms with Crippen LogP contribution in [-0.4, -0.2) is 32.2 Å². The Balaban J connectivity index is 1.79. The van der Waals surface area contributed by atoms with E-state index >= 15 is 0 Å². The van der Waals surface area contributed by atoms with Crippen LogP contribution in [0.2, 0.25) is 0 Å². The third kappa shape index (κ3) is 8.65. The summed E-state index contributed by atoms with van der Waals surface area (Å²) in [5.74, 6) is 0. The van der Waals surface area contributed by atoms with Crippen molar-refractivity contribution in [3.8, 4) is 6.07 Å². The second-order valence-corrected chi connectivity index (χ2v) is 18.5. The lowest BCUT2D eigenvalue weighted by molar-refractivity contribution is 0.204. The zero-order chi connectivity index (χ0) is 31.3. The largest absolute Gasteiger partial charge is 0.378 e. The molecule has 7 nitrogen and oxygen atoms in total. The number of anilines is 1. The Morgan fingerprint density at radius 3 is 1.56 bits per heavy atom. The average Bonchev–Trinajstić information content (AvgIpc) is 2.96. The molecular weight excluding hydrogens is 621 g/mol. The van der Waals surface area contributed by atoms with Gasteiger partial charge in [-0.3, -0.25) is 0 Å². The van der Waals surface area contributed by atoms with Gasteiger partial charge in [0.1, 0.15) is 0 Å². The van der Waals surface area contributed by atoms with Crippen LogP contribution in [-0.2, 0) is 24.2 Å². The second-order valence-electron chi connectivity index (χ2n) is 10.2. The van der Waals surface area contributed by atoms with Gasteiger partial charge in [0.05, 0.1) is 27.5 Å². The average molecular weight is 653 g/mol. The molecule has 1 atom stereocenters. The maximum atomic E-state index is 13.7. The topological polar surface area (TPSA) is 124 Å². The zero-order valence-corrected chi connectivity index (χ0v) is 27.2. The maximum absolute atomic E-state index is 13.7. The van der Waals surface area contributed by atoms with E-state index in [1.54, 1.807) is 48.5 Å². The van der Waals surface area contributed by atoms with Crippen LogP contribution in [0.3, 0.4) is 0 Å². The first-order valence-corrected chi connectivity index (χ1v) is 19.0. The first kappa shape index (κ1) is 32.6. The molecule has 0 aliphatic rings. The minimum absolute atomic E-state index is 0.0504. The van der Waals surface area contributed by atoms with Crippen molar-refractivity contribution >= 4 is 45.0 Å². The van der Waals surface area contributed by atoms with Crippen molar-refractivity contribution in [3.05, 3.63) is 125 Å². The van der Waals surface area contributed by atoms with Gasteiger partial charge in [-0.1, -0.05) is 65.2 Å². The Morgan fingerprint density at radius 2 is 1.14 bits per heavy atom. The molecular formula is C32H32N2O5S4. The highest BCUT2D eigenvalue weighted by atomic mass is 33.2. The normalized spacial score (nSPS) is 12.8. The number of nitrogens with one attached hydrogen (secondary N) is 1. The molecule has 0 fully saturated rings. The van der Waals surface area contributed by atoms with Crippen LogP contribution in [0.1, 0.15) is 34.2 Å². The first-order valence-electron chi connectivity index (χ1n) is 13.4. The van der Waals surface area contributed by atoms with Crippen molar-refractivity contribution < 1.29 is 21.9 Å². The highest BCUT2D eigenvalue weighted by Crippen LogP contribution is 2.49. The van der Waals surface area contributed by atoms with Gasteiger partial charge in [-0.05, 0) is 87.7 Å². The van der Waals surface area contributed by atoms with E-state index in [0.717, 1.165) is 22.3 Å². The molecule has 4 rings (SSSR count). The Hall–Kier alpha value is -3.27. The van der Waals surface area contributed by atoms with Gasteiger partial charge < -0.3 is 10.4 Å². The van der Waals surface area contributed by atoms with Crippen LogP contribution in [0.15, 0.2) is 107 Å². The van der Waals surface area contributed by atoms with E-state index < -0.39 is 28.0 Å². The Kier molecular flexibility index (Phi) is 10.3. The van der Waals surface area contributed by atoms with E-state index in [1.807, 2.05) is 45.0 Å². The monoisotopic (exact) mass is 652 g/mol. The maximum Gasteiger partial charge on any atom is 0.233 e. The number of hydrogen-bond donors (Lipinski definition) is 2. The molecule has 0 amide bonds. The predicted molar refractivity (Wildman–Crippen MR) is 175 cm³/mol. The summed E-state index contributed by atoms with van der Waals surface area (Å²) in [6.07, 6.45) is 0.610. The van der Waals surface area contributed by atoms with Crippen molar-refractivity contribution in [2.75, 3.05) is 5.32 Å². The lowest BCUT2D eigenvalue weighted by Gasteiger charge is -2.35. The van der Waals surface area contributed by atoms with Gasteiger partial charge in [0, 0.05) is 27.3 Å². The molecule has 0 bridgehead atoms. The SMILES string of the molecule is Cc1ccc(CCC(Nc2ccc(C#N)cc2)C(O)(SS(=O)(=O)c2ccc(C)cc2)SS(=O)(=O)c2ccc(C)cc2)cc1. The molecule has 0 aliphatic heterocycles. The van der Waals surface area contributed by atoms with Crippen molar-refractivity contribution in [2.24, 2.45) is 0 Å². The molecule has 43 heavy (non-hydrogen) atoms. The molecule has 0 saturated carbocycles. The quantitative estimate of drug-likeness (QED) is 0.126. The van der Waals surface area contributed by atoms with Crippen molar-refractivity contribution in [1.29, 1.82) is 5.26 Å². The van der Waals surface area contributed by atoms with Crippen LogP contribution >= 0.6 is 21.6 Å². The van der Waals surface area contributed by atoms with Crippen LogP contribution in [0.5, 0.6) is 0 Å². The molecule has 4 aromatic rings. The summed E-state index contributed by atoms with van der Waals surface area (Å²) in [6, 6.07) is 27.6. The summed E-state index contributed by atoms with van der Waals surface area (Å²) in [4.78, 5) is -0.101. The van der Waals surface area contributed by atoms with Gasteiger partial charge in [0.2, 0.25) is 22.0 Å². The van der Waals surface area contributed by atoms with E-state index in [1.165, 1.54) is 24.3 Å². The number of benzene rings is 4. The highest BCUT2D eigenvalue weighted by Gasteiger charge is 2.47. The fraction of sp³-hybridized carbons (Fsp3) is 0.219. The number of aryl methyl sites for hydroxylation is 4. The van der Waals surface area contributed by atoms with Gasteiger partial charge in [-0.15, -0.1) is 0 Å². The number of nitriles is 1. The lowest BCUT2D eigenvalue weighted by Crippen LogP contribution is -2.44. The van der Waals surface area contributed by atoms with Crippen LogP contribution in [0.4, 0.5) is 5.69 Å². The van der Waals surface area contributed by atoms with Crippen molar-refractivity contribution in [2.45, 2.75) is 53.7 Å². The number of hydrogen-bond acceptors (Lipinski definition) is 9. The fourth-order valence-electron chi connectivity index (χ4n) is 4.20. The highest BCUT2D eigenvalue weighted by molar-refractivity contribution is 8.81. The van der Waals surface area contributed by atoms with E-state index in [-0.39, 0.29) is 37.8 Å². The van der Waals surface area contributed by atoms with Gasteiger partial charge in [-0.25, -0.2) is 16.8 Å². The molecule has 0 spiro atoms. The standard InChI is InChI=1S/C32H32N2O5S4/c1-23-4-10-26(11-5-23)14-21-31(34-28-15-12-27(22-33)13-16-28)32(35,40-42(36,37)29-17-6-24(2)7-18-29)41-43(38,39)30-19-8-25(3)9-20-30/h4-13,15-20,31,34-35H,14,21H2,1-3H3. The number of rotatable bonds is 12. The molecule has 1 unspecified atom stereocenters. The van der Waals surface area contributed by atoms with Gasteiger partial charge in [0.25, 0.3) is 0 Å². The van der Waals surface area contributed by atoms with Crippen LogP contribution < -0.4 is 5.32 Å². The van der Waals surface area contributed by atoms with Gasteiger partial charge in [0.15, 0.2) is 0 Å². The number of aliphatic hydroxyl groups is 1. The Bertz CT molecular complexity index is 1720. The summed E-state index contributed by atoms with van der Waals surface area (Å²) in [5, 5.41) is 24.7. The number of nitrogens with zero attached hydrogens (tertiary/aromatic N) is 1. The smallest absolute Gasteiger partial charge is 0.233 e. The summed E-state index contributed by atoms with van der Waals surface area (Å²) >= 11 is 0. The third-order valence-corrected chi connectivity index (χ3v) is 15.0. The van der Waals surface area contributed by atoms with Crippen molar-refractivity contribution in [1.82, 2.24) is 0 Å². The molecule has 2 N–H and O–H groups in total. The predicted octanol–water partition coefficient (Wildman–Crippen LogP) is 6.79. The minimum Gasteiger partial charge on any atom is -0.378 e. The molecule has 0 saturated heterocycles. The third-order valence-electron chi connectivity index (χ3n) is 6.72. The zero-order valence-electron chi connectivity index (χ0n) is 23.9. The molecule has 0 heterocycles. The fourth-order valence-corrected chi connectivity index (χ4v) is 13.1. The Morgan fingerprint density at radius 1 is 0.721 bits per heavy atom.